The fourth-order valence-corrected chi connectivity index (χ4v) is 1.06. The molecule has 0 atom stereocenters. The maximum Gasteiger partial charge on any atom is 0.284 e. The maximum absolute atomic E-state index is 12.1. The summed E-state index contributed by atoms with van der Waals surface area (Å²) in [6, 6.07) is 1.21. The molecule has 0 bridgehead atoms. The molecule has 1 aromatic rings. The first-order valence-electron chi connectivity index (χ1n) is 3.16. The van der Waals surface area contributed by atoms with Gasteiger partial charge >= 0.3 is 0 Å². The van der Waals surface area contributed by atoms with Crippen molar-refractivity contribution in [2.45, 2.75) is 13.3 Å². The van der Waals surface area contributed by atoms with Crippen molar-refractivity contribution in [1.29, 1.82) is 0 Å². The van der Waals surface area contributed by atoms with E-state index in [2.05, 4.69) is 20.9 Å². The summed E-state index contributed by atoms with van der Waals surface area (Å²) in [5.74, 6) is -0.484. The number of rotatable bonds is 1. The second-order valence-electron chi connectivity index (χ2n) is 2.26. The van der Waals surface area contributed by atoms with Gasteiger partial charge in [0.2, 0.25) is 0 Å². The van der Waals surface area contributed by atoms with E-state index in [-0.39, 0.29) is 0 Å². The Balaban J connectivity index is 3.23. The first kappa shape index (κ1) is 9.38. The van der Waals surface area contributed by atoms with E-state index in [4.69, 9.17) is 5.11 Å². The summed E-state index contributed by atoms with van der Waals surface area (Å²) in [6.45, 7) is 1.58. The number of aryl methyl sites for hydroxylation is 1. The zero-order valence-electron chi connectivity index (χ0n) is 6.18. The fraction of sp³-hybridized carbons (Fsp3) is 0.286. The Hall–Kier alpha value is -0.710. The number of nitrogens with zero attached hydrogens (tertiary/aromatic N) is 1. The van der Waals surface area contributed by atoms with Crippen molar-refractivity contribution >= 4 is 15.9 Å². The van der Waals surface area contributed by atoms with E-state index < -0.39 is 17.9 Å². The molecule has 5 heteroatoms. The quantitative estimate of drug-likeness (QED) is 0.815. The van der Waals surface area contributed by atoms with E-state index in [1.54, 1.807) is 6.92 Å². The van der Waals surface area contributed by atoms with E-state index >= 15 is 0 Å². The van der Waals surface area contributed by atoms with Crippen LogP contribution in [-0.2, 0) is 0 Å². The van der Waals surface area contributed by atoms with Crippen LogP contribution < -0.4 is 0 Å². The highest BCUT2D eigenvalue weighted by molar-refractivity contribution is 9.10. The first-order valence-corrected chi connectivity index (χ1v) is 3.96. The van der Waals surface area contributed by atoms with Crippen molar-refractivity contribution in [3.8, 4) is 5.75 Å². The molecule has 0 radical (unpaired) electrons. The van der Waals surface area contributed by atoms with Crippen molar-refractivity contribution in [1.82, 2.24) is 4.98 Å². The SMILES string of the molecule is Cc1nc(C(F)F)c(O)cc1Br. The number of aromatic hydroxyl groups is 1. The smallest absolute Gasteiger partial charge is 0.284 e. The van der Waals surface area contributed by atoms with Crippen LogP contribution in [0.2, 0.25) is 0 Å². The molecule has 0 aliphatic carbocycles. The monoisotopic (exact) mass is 237 g/mol. The third kappa shape index (κ3) is 1.72. The molecule has 0 amide bonds. The largest absolute Gasteiger partial charge is 0.506 e. The lowest BCUT2D eigenvalue weighted by Crippen LogP contribution is -1.94. The van der Waals surface area contributed by atoms with Crippen molar-refractivity contribution < 1.29 is 13.9 Å². The molecule has 0 saturated carbocycles. The van der Waals surface area contributed by atoms with Crippen molar-refractivity contribution in [3.63, 3.8) is 0 Å². The zero-order chi connectivity index (χ0) is 9.30. The van der Waals surface area contributed by atoms with Gasteiger partial charge in [-0.1, -0.05) is 0 Å². The van der Waals surface area contributed by atoms with Gasteiger partial charge in [-0.05, 0) is 28.9 Å². The van der Waals surface area contributed by atoms with Gasteiger partial charge in [0.1, 0.15) is 11.4 Å². The van der Waals surface area contributed by atoms with E-state index in [1.807, 2.05) is 0 Å². The minimum Gasteiger partial charge on any atom is -0.506 e. The highest BCUT2D eigenvalue weighted by atomic mass is 79.9. The topological polar surface area (TPSA) is 33.1 Å². The molecule has 66 valence electrons. The molecule has 0 fully saturated rings. The van der Waals surface area contributed by atoms with Crippen LogP contribution in [0.1, 0.15) is 17.8 Å². The van der Waals surface area contributed by atoms with Crippen LogP contribution >= 0.6 is 15.9 Å². The molecule has 0 saturated heterocycles. The lowest BCUT2D eigenvalue weighted by Gasteiger charge is -2.04. The summed E-state index contributed by atoms with van der Waals surface area (Å²) < 4.78 is 24.7. The standard InChI is InChI=1S/C7H6BrF2NO/c1-3-4(8)2-5(12)6(11-3)7(9)10/h2,7,12H,1H3. The van der Waals surface area contributed by atoms with Crippen molar-refractivity contribution in [3.05, 3.63) is 21.9 Å². The molecule has 1 heterocycles. The van der Waals surface area contributed by atoms with Crippen LogP contribution in [0, 0.1) is 6.92 Å². The fourth-order valence-electron chi connectivity index (χ4n) is 0.750. The lowest BCUT2D eigenvalue weighted by molar-refractivity contribution is 0.141. The summed E-state index contributed by atoms with van der Waals surface area (Å²) in [4.78, 5) is 3.52. The lowest BCUT2D eigenvalue weighted by atomic mass is 10.3. The number of pyridine rings is 1. The van der Waals surface area contributed by atoms with Crippen LogP contribution in [0.3, 0.4) is 0 Å². The number of hydrogen-bond acceptors (Lipinski definition) is 2. The third-order valence-corrected chi connectivity index (χ3v) is 2.17. The second kappa shape index (κ2) is 3.35. The van der Waals surface area contributed by atoms with Gasteiger partial charge in [0.05, 0.1) is 5.69 Å². The Kier molecular flexibility index (Phi) is 2.62. The van der Waals surface area contributed by atoms with E-state index in [1.165, 1.54) is 6.07 Å². The molecule has 0 aliphatic rings. The Morgan fingerprint density at radius 1 is 1.58 bits per heavy atom. The minimum atomic E-state index is -2.74. The van der Waals surface area contributed by atoms with Gasteiger partial charge in [-0.2, -0.15) is 0 Å². The number of aromatic nitrogens is 1. The summed E-state index contributed by atoms with van der Waals surface area (Å²) in [5, 5.41) is 9.01. The number of alkyl halides is 2. The van der Waals surface area contributed by atoms with Crippen LogP contribution in [0.15, 0.2) is 10.5 Å². The molecule has 0 aliphatic heterocycles. The number of halogens is 3. The van der Waals surface area contributed by atoms with Crippen molar-refractivity contribution in [2.75, 3.05) is 0 Å². The van der Waals surface area contributed by atoms with Gasteiger partial charge in [-0.15, -0.1) is 0 Å². The predicted octanol–water partition coefficient (Wildman–Crippen LogP) is 2.80. The van der Waals surface area contributed by atoms with Gasteiger partial charge in [-0.3, -0.25) is 0 Å². The Morgan fingerprint density at radius 3 is 2.67 bits per heavy atom. The normalized spacial score (nSPS) is 10.8. The van der Waals surface area contributed by atoms with Gasteiger partial charge in [0.15, 0.2) is 0 Å². The van der Waals surface area contributed by atoms with Crippen LogP contribution in [-0.4, -0.2) is 10.1 Å². The summed E-state index contributed by atoms with van der Waals surface area (Å²) in [6.07, 6.45) is -2.74. The van der Waals surface area contributed by atoms with E-state index in [0.717, 1.165) is 0 Å². The molecular formula is C7H6BrF2NO. The van der Waals surface area contributed by atoms with Crippen LogP contribution in [0.25, 0.3) is 0 Å². The van der Waals surface area contributed by atoms with Gasteiger partial charge in [0, 0.05) is 4.47 Å². The van der Waals surface area contributed by atoms with E-state index in [0.29, 0.717) is 10.2 Å². The molecule has 0 aromatic carbocycles. The minimum absolute atomic E-state index is 0.433. The van der Waals surface area contributed by atoms with Crippen molar-refractivity contribution in [2.24, 2.45) is 0 Å². The maximum atomic E-state index is 12.1. The average molecular weight is 238 g/mol. The molecule has 1 rings (SSSR count). The van der Waals surface area contributed by atoms with Crippen LogP contribution in [0.4, 0.5) is 8.78 Å². The first-order chi connectivity index (χ1) is 5.52. The second-order valence-corrected chi connectivity index (χ2v) is 3.12. The highest BCUT2D eigenvalue weighted by Crippen LogP contribution is 2.29. The Labute approximate surface area is 76.4 Å². The average Bonchev–Trinajstić information content (AvgIpc) is 1.96. The molecule has 0 spiro atoms. The highest BCUT2D eigenvalue weighted by Gasteiger charge is 2.15. The predicted molar refractivity (Wildman–Crippen MR) is 43.3 cm³/mol. The Bertz CT molecular complexity index is 304. The van der Waals surface area contributed by atoms with E-state index in [9.17, 15) is 8.78 Å². The summed E-state index contributed by atoms with van der Waals surface area (Å²) in [5.41, 5.74) is -0.140. The van der Waals surface area contributed by atoms with Gasteiger partial charge in [0.25, 0.3) is 6.43 Å². The summed E-state index contributed by atoms with van der Waals surface area (Å²) in [7, 11) is 0. The Morgan fingerprint density at radius 2 is 2.17 bits per heavy atom. The molecule has 0 unspecified atom stereocenters. The molecule has 2 nitrogen and oxygen atoms in total. The molecule has 12 heavy (non-hydrogen) atoms. The van der Waals surface area contributed by atoms with Crippen LogP contribution in [0.5, 0.6) is 5.75 Å². The van der Waals surface area contributed by atoms with Gasteiger partial charge < -0.3 is 5.11 Å². The molecule has 1 N–H and O–H groups in total. The summed E-state index contributed by atoms with van der Waals surface area (Å²) >= 11 is 3.06. The molecular weight excluding hydrogens is 232 g/mol. The zero-order valence-corrected chi connectivity index (χ0v) is 7.77. The van der Waals surface area contributed by atoms with Gasteiger partial charge in [-0.25, -0.2) is 13.8 Å². The third-order valence-electron chi connectivity index (χ3n) is 1.37. The molecule has 1 aromatic heterocycles. The number of hydrogen-bond donors (Lipinski definition) is 1.